The van der Waals surface area contributed by atoms with Crippen molar-refractivity contribution in [3.8, 4) is 16.9 Å². The number of aromatic nitrogens is 3. The molecule has 5 rings (SSSR count). The average Bonchev–Trinajstić information content (AvgIpc) is 3.51. The van der Waals surface area contributed by atoms with E-state index in [1.54, 1.807) is 4.68 Å². The summed E-state index contributed by atoms with van der Waals surface area (Å²) in [5.41, 5.74) is 4.95. The molecule has 134 valence electrons. The molecule has 3 aromatic rings. The summed E-state index contributed by atoms with van der Waals surface area (Å²) in [7, 11) is 0. The van der Waals surface area contributed by atoms with Crippen LogP contribution in [0.3, 0.4) is 0 Å². The Kier molecular flexibility index (Phi) is 3.90. The van der Waals surface area contributed by atoms with Crippen LogP contribution in [-0.4, -0.2) is 52.8 Å². The zero-order valence-electron chi connectivity index (χ0n) is 14.8. The number of rotatable bonds is 4. The second-order valence-electron chi connectivity index (χ2n) is 6.49. The number of nitrogens with one attached hydrogen (secondary N) is 2. The van der Waals surface area contributed by atoms with Gasteiger partial charge in [0.15, 0.2) is 0 Å². The van der Waals surface area contributed by atoms with E-state index in [0.29, 0.717) is 0 Å². The summed E-state index contributed by atoms with van der Waals surface area (Å²) in [4.78, 5) is 8.97. The fourth-order valence-corrected chi connectivity index (χ4v) is 3.33. The molecule has 0 saturated heterocycles. The van der Waals surface area contributed by atoms with Gasteiger partial charge in [0.05, 0.1) is 25.0 Å². The molecule has 2 aliphatic heterocycles. The molecule has 2 aromatic carbocycles. The number of hydrogen-bond acceptors (Lipinski definition) is 6. The molecule has 0 atom stereocenters. The van der Waals surface area contributed by atoms with Crippen molar-refractivity contribution in [2.75, 3.05) is 26.2 Å². The molecule has 1 aromatic heterocycles. The zero-order chi connectivity index (χ0) is 18.1. The van der Waals surface area contributed by atoms with E-state index in [2.05, 4.69) is 55.2 Å². The Morgan fingerprint density at radius 3 is 2.15 bits per heavy atom. The Balaban J connectivity index is 1.45. The van der Waals surface area contributed by atoms with Gasteiger partial charge in [0.1, 0.15) is 17.4 Å². The first-order chi connectivity index (χ1) is 13.4. The quantitative estimate of drug-likeness (QED) is 0.744. The van der Waals surface area contributed by atoms with Crippen molar-refractivity contribution in [3.05, 3.63) is 65.9 Å². The second kappa shape index (κ2) is 6.68. The van der Waals surface area contributed by atoms with Gasteiger partial charge in [-0.1, -0.05) is 35.5 Å². The van der Waals surface area contributed by atoms with Crippen molar-refractivity contribution in [3.63, 3.8) is 0 Å². The van der Waals surface area contributed by atoms with Gasteiger partial charge in [-0.25, -0.2) is 4.68 Å². The van der Waals surface area contributed by atoms with Crippen LogP contribution in [0.1, 0.15) is 11.1 Å². The predicted octanol–water partition coefficient (Wildman–Crippen LogP) is 1.63. The third kappa shape index (κ3) is 3.08. The van der Waals surface area contributed by atoms with Crippen LogP contribution in [-0.2, 0) is 0 Å². The average molecular weight is 357 g/mol. The molecular formula is C20H19N7. The highest BCUT2D eigenvalue weighted by atomic mass is 15.4. The van der Waals surface area contributed by atoms with Gasteiger partial charge in [-0.3, -0.25) is 9.98 Å². The van der Waals surface area contributed by atoms with Crippen LogP contribution >= 0.6 is 0 Å². The molecule has 0 aliphatic carbocycles. The third-order valence-corrected chi connectivity index (χ3v) is 4.66. The van der Waals surface area contributed by atoms with Gasteiger partial charge < -0.3 is 10.6 Å². The van der Waals surface area contributed by atoms with Gasteiger partial charge in [0.25, 0.3) is 0 Å². The summed E-state index contributed by atoms with van der Waals surface area (Å²) >= 11 is 0. The Morgan fingerprint density at radius 1 is 0.778 bits per heavy atom. The van der Waals surface area contributed by atoms with E-state index >= 15 is 0 Å². The fraction of sp³-hybridized carbons (Fsp3) is 0.200. The van der Waals surface area contributed by atoms with Crippen molar-refractivity contribution in [2.45, 2.75) is 0 Å². The zero-order valence-corrected chi connectivity index (χ0v) is 14.8. The number of amidine groups is 2. The van der Waals surface area contributed by atoms with Crippen molar-refractivity contribution >= 4 is 11.7 Å². The number of nitrogens with zero attached hydrogens (tertiary/aromatic N) is 5. The maximum absolute atomic E-state index is 4.49. The normalized spacial score (nSPS) is 15.9. The standard InChI is InChI=1S/C20H19N7/c1-3-14(11-15(4-1)19-21-7-8-22-19)18-13-27(26-25-18)17-6-2-5-16(12-17)20-23-9-10-24-20/h1-6,11-13H,7-10H2,(H,21,22)(H,23,24). The van der Waals surface area contributed by atoms with Crippen LogP contribution in [0.15, 0.2) is 64.7 Å². The molecule has 3 heterocycles. The molecule has 0 bridgehead atoms. The number of benzene rings is 2. The van der Waals surface area contributed by atoms with Gasteiger partial charge in [-0.2, -0.15) is 0 Å². The summed E-state index contributed by atoms with van der Waals surface area (Å²) in [6, 6.07) is 16.4. The van der Waals surface area contributed by atoms with E-state index < -0.39 is 0 Å². The van der Waals surface area contributed by atoms with Crippen molar-refractivity contribution in [1.82, 2.24) is 25.6 Å². The van der Waals surface area contributed by atoms with Crippen LogP contribution in [0, 0.1) is 0 Å². The second-order valence-corrected chi connectivity index (χ2v) is 6.49. The van der Waals surface area contributed by atoms with E-state index in [4.69, 9.17) is 0 Å². The van der Waals surface area contributed by atoms with Crippen LogP contribution in [0.4, 0.5) is 0 Å². The highest BCUT2D eigenvalue weighted by molar-refractivity contribution is 6.01. The molecule has 7 heteroatoms. The first kappa shape index (κ1) is 15.7. The molecule has 2 N–H and O–H groups in total. The summed E-state index contributed by atoms with van der Waals surface area (Å²) in [6.45, 7) is 3.44. The predicted molar refractivity (Wildman–Crippen MR) is 106 cm³/mol. The van der Waals surface area contributed by atoms with Gasteiger partial charge >= 0.3 is 0 Å². The van der Waals surface area contributed by atoms with E-state index in [0.717, 1.165) is 65.9 Å². The Morgan fingerprint density at radius 2 is 1.44 bits per heavy atom. The van der Waals surface area contributed by atoms with Gasteiger partial charge in [0.2, 0.25) is 0 Å². The van der Waals surface area contributed by atoms with Crippen molar-refractivity contribution in [1.29, 1.82) is 0 Å². The van der Waals surface area contributed by atoms with E-state index in [-0.39, 0.29) is 0 Å². The van der Waals surface area contributed by atoms with Crippen molar-refractivity contribution in [2.24, 2.45) is 9.98 Å². The van der Waals surface area contributed by atoms with Gasteiger partial charge in [-0.15, -0.1) is 5.10 Å². The smallest absolute Gasteiger partial charge is 0.128 e. The van der Waals surface area contributed by atoms with E-state index in [1.165, 1.54) is 0 Å². The molecule has 0 amide bonds. The maximum atomic E-state index is 4.49. The Labute approximate surface area is 156 Å². The molecule has 2 aliphatic rings. The lowest BCUT2D eigenvalue weighted by Gasteiger charge is -2.05. The first-order valence-electron chi connectivity index (χ1n) is 9.07. The fourth-order valence-electron chi connectivity index (χ4n) is 3.33. The molecule has 0 radical (unpaired) electrons. The molecule has 27 heavy (non-hydrogen) atoms. The lowest BCUT2D eigenvalue weighted by atomic mass is 10.1. The van der Waals surface area contributed by atoms with Gasteiger partial charge in [-0.05, 0) is 18.2 Å². The lowest BCUT2D eigenvalue weighted by molar-refractivity contribution is 0.803. The minimum atomic E-state index is 0.823. The molecule has 7 nitrogen and oxygen atoms in total. The summed E-state index contributed by atoms with van der Waals surface area (Å²) in [5.74, 6) is 1.89. The topological polar surface area (TPSA) is 79.5 Å². The van der Waals surface area contributed by atoms with Crippen LogP contribution in [0.2, 0.25) is 0 Å². The van der Waals surface area contributed by atoms with Gasteiger partial charge in [0, 0.05) is 29.8 Å². The number of hydrogen-bond donors (Lipinski definition) is 2. The van der Waals surface area contributed by atoms with Crippen LogP contribution < -0.4 is 10.6 Å². The Bertz CT molecular complexity index is 966. The van der Waals surface area contributed by atoms with Crippen molar-refractivity contribution < 1.29 is 0 Å². The minimum Gasteiger partial charge on any atom is -0.368 e. The van der Waals surface area contributed by atoms with Crippen LogP contribution in [0.25, 0.3) is 16.9 Å². The molecule has 0 fully saturated rings. The molecular weight excluding hydrogens is 338 g/mol. The van der Waals surface area contributed by atoms with Crippen LogP contribution in [0.5, 0.6) is 0 Å². The summed E-state index contributed by atoms with van der Waals surface area (Å²) in [6.07, 6.45) is 1.95. The molecule has 0 saturated carbocycles. The number of aliphatic imine (C=N–C) groups is 2. The minimum absolute atomic E-state index is 0.823. The molecule has 0 spiro atoms. The van der Waals surface area contributed by atoms with E-state index in [1.807, 2.05) is 30.5 Å². The first-order valence-corrected chi connectivity index (χ1v) is 9.07. The summed E-state index contributed by atoms with van der Waals surface area (Å²) < 4.78 is 1.80. The summed E-state index contributed by atoms with van der Waals surface area (Å²) in [5, 5.41) is 15.3. The lowest BCUT2D eigenvalue weighted by Crippen LogP contribution is -2.19. The monoisotopic (exact) mass is 357 g/mol. The third-order valence-electron chi connectivity index (χ3n) is 4.66. The SMILES string of the molecule is c1cc(C2=NCCN2)cc(-c2cn(-c3cccc(C4=NCCN4)c3)nn2)c1. The molecule has 0 unspecified atom stereocenters. The maximum Gasteiger partial charge on any atom is 0.128 e. The largest absolute Gasteiger partial charge is 0.368 e. The van der Waals surface area contributed by atoms with E-state index in [9.17, 15) is 0 Å². The highest BCUT2D eigenvalue weighted by Crippen LogP contribution is 2.20. The highest BCUT2D eigenvalue weighted by Gasteiger charge is 2.12. The Hall–Kier alpha value is -3.48.